The van der Waals surface area contributed by atoms with Crippen molar-refractivity contribution < 1.29 is 0 Å². The Kier molecular flexibility index (Phi) is 5.24. The fourth-order valence-electron chi connectivity index (χ4n) is 5.69. The molecule has 1 aliphatic carbocycles. The summed E-state index contributed by atoms with van der Waals surface area (Å²) in [5, 5.41) is 2.80. The Labute approximate surface area is 210 Å². The van der Waals surface area contributed by atoms with Crippen LogP contribution in [0.1, 0.15) is 36.1 Å². The minimum absolute atomic E-state index is 0.00795. The van der Waals surface area contributed by atoms with E-state index in [2.05, 4.69) is 131 Å². The number of rotatable bonds is 3. The van der Waals surface area contributed by atoms with E-state index in [0.29, 0.717) is 0 Å². The Bertz CT molecular complexity index is 1560. The highest BCUT2D eigenvalue weighted by molar-refractivity contribution is 7.38. The highest BCUT2D eigenvalue weighted by Crippen LogP contribution is 2.52. The standard InChI is InChI=1S/C34H29P/c1-22-23(2)32(26-19-20-28-27-17-11-12-18-29(27)34(3,4)30(28)21-26)35-33(25-15-9-6-10-16-25)31(22)24-13-7-5-8-14-24/h5-21H,1-4H3. The number of benzene rings is 4. The summed E-state index contributed by atoms with van der Waals surface area (Å²) in [6.07, 6.45) is 0. The lowest BCUT2D eigenvalue weighted by Crippen LogP contribution is -2.14. The van der Waals surface area contributed by atoms with Crippen LogP contribution in [0.2, 0.25) is 0 Å². The first-order valence-electron chi connectivity index (χ1n) is 12.3. The fourth-order valence-corrected chi connectivity index (χ4v) is 7.20. The van der Waals surface area contributed by atoms with Crippen LogP contribution in [-0.4, -0.2) is 0 Å². The van der Waals surface area contributed by atoms with Gasteiger partial charge in [0, 0.05) is 16.0 Å². The molecule has 0 nitrogen and oxygen atoms in total. The van der Waals surface area contributed by atoms with Gasteiger partial charge in [0.25, 0.3) is 0 Å². The first-order valence-corrected chi connectivity index (χ1v) is 13.2. The van der Waals surface area contributed by atoms with Gasteiger partial charge in [-0.1, -0.05) is 119 Å². The Morgan fingerprint density at radius 3 is 1.83 bits per heavy atom. The zero-order valence-electron chi connectivity index (χ0n) is 20.8. The molecule has 0 radical (unpaired) electrons. The molecule has 0 amide bonds. The summed E-state index contributed by atoms with van der Waals surface area (Å²) < 4.78 is 0. The van der Waals surface area contributed by atoms with Crippen molar-refractivity contribution in [1.29, 1.82) is 0 Å². The molecule has 5 aromatic rings. The molecule has 0 fully saturated rings. The van der Waals surface area contributed by atoms with Crippen LogP contribution in [0, 0.1) is 13.8 Å². The normalized spacial score (nSPS) is 13.6. The highest BCUT2D eigenvalue weighted by atomic mass is 31.0. The van der Waals surface area contributed by atoms with E-state index in [1.807, 2.05) is 0 Å². The Balaban J connectivity index is 1.59. The van der Waals surface area contributed by atoms with Crippen molar-refractivity contribution >= 4 is 8.19 Å². The van der Waals surface area contributed by atoms with Gasteiger partial charge in [0.15, 0.2) is 0 Å². The van der Waals surface area contributed by atoms with Crippen LogP contribution in [0.3, 0.4) is 0 Å². The van der Waals surface area contributed by atoms with Crippen LogP contribution >= 0.6 is 8.19 Å². The van der Waals surface area contributed by atoms with Gasteiger partial charge in [0.1, 0.15) is 0 Å². The van der Waals surface area contributed by atoms with Gasteiger partial charge in [-0.2, -0.15) is 0 Å². The van der Waals surface area contributed by atoms with Gasteiger partial charge in [-0.05, 0) is 75.5 Å². The molecule has 0 saturated carbocycles. The quantitative estimate of drug-likeness (QED) is 0.247. The van der Waals surface area contributed by atoms with E-state index in [4.69, 9.17) is 0 Å². The molecular weight excluding hydrogens is 439 g/mol. The van der Waals surface area contributed by atoms with Crippen LogP contribution < -0.4 is 0 Å². The summed E-state index contributed by atoms with van der Waals surface area (Å²) in [4.78, 5) is 0. The SMILES string of the molecule is Cc1c(-c2ccc3c(c2)C(C)(C)c2ccccc2-3)pc(-c2ccccc2)c(-c2ccccc2)c1C. The van der Waals surface area contributed by atoms with Crippen LogP contribution in [0.5, 0.6) is 0 Å². The van der Waals surface area contributed by atoms with Crippen LogP contribution in [0.4, 0.5) is 0 Å². The lowest BCUT2D eigenvalue weighted by Gasteiger charge is -2.23. The Morgan fingerprint density at radius 2 is 1.11 bits per heavy atom. The maximum absolute atomic E-state index is 2.46. The summed E-state index contributed by atoms with van der Waals surface area (Å²) in [7, 11) is 1.26. The van der Waals surface area contributed by atoms with Crippen molar-refractivity contribution in [3.63, 3.8) is 0 Å². The first kappa shape index (κ1) is 22.0. The molecule has 0 bridgehead atoms. The van der Waals surface area contributed by atoms with E-state index in [1.54, 1.807) is 0 Å². The molecule has 1 heterocycles. The summed E-state index contributed by atoms with van der Waals surface area (Å²) in [5.41, 5.74) is 13.7. The van der Waals surface area contributed by atoms with Gasteiger partial charge < -0.3 is 0 Å². The number of hydrogen-bond donors (Lipinski definition) is 0. The zero-order valence-corrected chi connectivity index (χ0v) is 21.7. The maximum atomic E-state index is 2.46. The van der Waals surface area contributed by atoms with Gasteiger partial charge >= 0.3 is 0 Å². The minimum atomic E-state index is 0.00795. The zero-order chi connectivity index (χ0) is 24.2. The fraction of sp³-hybridized carbons (Fsp3) is 0.147. The van der Waals surface area contributed by atoms with Crippen molar-refractivity contribution in [2.45, 2.75) is 33.1 Å². The van der Waals surface area contributed by atoms with Gasteiger partial charge in [0.2, 0.25) is 0 Å². The topological polar surface area (TPSA) is 0 Å². The molecule has 0 aliphatic heterocycles. The molecule has 0 saturated heterocycles. The molecule has 6 rings (SSSR count). The summed E-state index contributed by atoms with van der Waals surface area (Å²) in [5.74, 6) is 0. The van der Waals surface area contributed by atoms with E-state index < -0.39 is 0 Å². The Morgan fingerprint density at radius 1 is 0.514 bits per heavy atom. The minimum Gasteiger partial charge on any atom is -0.0622 e. The molecule has 170 valence electrons. The number of fused-ring (bicyclic) bond motifs is 3. The van der Waals surface area contributed by atoms with Gasteiger partial charge in [-0.15, -0.1) is 0 Å². The van der Waals surface area contributed by atoms with E-state index in [9.17, 15) is 0 Å². The molecular formula is C34H29P. The third-order valence-electron chi connectivity index (χ3n) is 7.72. The van der Waals surface area contributed by atoms with Crippen molar-refractivity contribution in [3.05, 3.63) is 125 Å². The Hall–Kier alpha value is -3.47. The van der Waals surface area contributed by atoms with Crippen molar-refractivity contribution in [3.8, 4) is 44.0 Å². The van der Waals surface area contributed by atoms with E-state index >= 15 is 0 Å². The summed E-state index contributed by atoms with van der Waals surface area (Å²) in [6.45, 7) is 9.32. The molecule has 0 unspecified atom stereocenters. The van der Waals surface area contributed by atoms with Gasteiger partial charge in [0.05, 0.1) is 0 Å². The molecule has 0 N–H and O–H groups in total. The highest BCUT2D eigenvalue weighted by Gasteiger charge is 2.35. The molecule has 4 aromatic carbocycles. The molecule has 1 aromatic heterocycles. The van der Waals surface area contributed by atoms with E-state index in [1.165, 1.54) is 74.4 Å². The number of hydrogen-bond acceptors (Lipinski definition) is 0. The lowest BCUT2D eigenvalue weighted by atomic mass is 9.82. The van der Waals surface area contributed by atoms with Gasteiger partial charge in [-0.25, -0.2) is 0 Å². The van der Waals surface area contributed by atoms with Crippen molar-refractivity contribution in [2.75, 3.05) is 0 Å². The lowest BCUT2D eigenvalue weighted by molar-refractivity contribution is 0.660. The molecule has 35 heavy (non-hydrogen) atoms. The summed E-state index contributed by atoms with van der Waals surface area (Å²) >= 11 is 0. The average molecular weight is 469 g/mol. The maximum Gasteiger partial charge on any atom is 0.0177 e. The predicted molar refractivity (Wildman–Crippen MR) is 152 cm³/mol. The van der Waals surface area contributed by atoms with E-state index in [0.717, 1.165) is 0 Å². The second-order valence-electron chi connectivity index (χ2n) is 10.1. The first-order chi connectivity index (χ1) is 17.0. The van der Waals surface area contributed by atoms with E-state index in [-0.39, 0.29) is 5.41 Å². The summed E-state index contributed by atoms with van der Waals surface area (Å²) in [6, 6.07) is 37.8. The van der Waals surface area contributed by atoms with Crippen LogP contribution in [-0.2, 0) is 5.41 Å². The third kappa shape index (κ3) is 3.48. The monoisotopic (exact) mass is 468 g/mol. The van der Waals surface area contributed by atoms with Crippen molar-refractivity contribution in [2.24, 2.45) is 0 Å². The second-order valence-corrected chi connectivity index (χ2v) is 11.2. The van der Waals surface area contributed by atoms with Crippen LogP contribution in [0.15, 0.2) is 103 Å². The third-order valence-corrected chi connectivity index (χ3v) is 9.24. The van der Waals surface area contributed by atoms with Crippen molar-refractivity contribution in [1.82, 2.24) is 0 Å². The second kappa shape index (κ2) is 8.33. The molecule has 1 aliphatic rings. The molecule has 0 atom stereocenters. The predicted octanol–water partition coefficient (Wildman–Crippen LogP) is 10.2. The van der Waals surface area contributed by atoms with Crippen LogP contribution in [0.25, 0.3) is 44.0 Å². The molecule has 0 spiro atoms. The smallest absolute Gasteiger partial charge is 0.0177 e. The van der Waals surface area contributed by atoms with Gasteiger partial charge in [-0.3, -0.25) is 0 Å². The molecule has 1 heteroatoms. The average Bonchev–Trinajstić information content (AvgIpc) is 3.13. The largest absolute Gasteiger partial charge is 0.0622 e.